The molecule has 2 heterocycles. The minimum atomic E-state index is -0.808. The van der Waals surface area contributed by atoms with Gasteiger partial charge in [0.25, 0.3) is 5.91 Å². The maximum absolute atomic E-state index is 12.9. The summed E-state index contributed by atoms with van der Waals surface area (Å²) in [7, 11) is 0. The van der Waals surface area contributed by atoms with Gasteiger partial charge in [-0.05, 0) is 44.5 Å². The van der Waals surface area contributed by atoms with Crippen LogP contribution in [0.15, 0.2) is 30.5 Å². The summed E-state index contributed by atoms with van der Waals surface area (Å²) in [6.07, 6.45) is 2.79. The van der Waals surface area contributed by atoms with Crippen LogP contribution in [-0.4, -0.2) is 51.8 Å². The van der Waals surface area contributed by atoms with Crippen molar-refractivity contribution in [2.75, 3.05) is 19.6 Å². The van der Waals surface area contributed by atoms with Crippen molar-refractivity contribution < 1.29 is 9.59 Å². The minimum absolute atomic E-state index is 0.0293. The van der Waals surface area contributed by atoms with Gasteiger partial charge in [-0.1, -0.05) is 6.92 Å². The molecule has 2 amide bonds. The summed E-state index contributed by atoms with van der Waals surface area (Å²) in [5, 5.41) is 1.00. The highest BCUT2D eigenvalue weighted by molar-refractivity contribution is 6.01. The highest BCUT2D eigenvalue weighted by Gasteiger charge is 2.44. The second kappa shape index (κ2) is 5.72. The zero-order chi connectivity index (χ0) is 16.6. The summed E-state index contributed by atoms with van der Waals surface area (Å²) in [4.78, 5) is 32.3. The molecule has 23 heavy (non-hydrogen) atoms. The van der Waals surface area contributed by atoms with Gasteiger partial charge >= 0.3 is 0 Å². The first-order valence-corrected chi connectivity index (χ1v) is 8.13. The predicted octanol–water partition coefficient (Wildman–Crippen LogP) is 2.64. The van der Waals surface area contributed by atoms with Gasteiger partial charge in [0.05, 0.1) is 0 Å². The van der Waals surface area contributed by atoms with E-state index >= 15 is 0 Å². The lowest BCUT2D eigenvalue weighted by Gasteiger charge is -2.46. The Labute approximate surface area is 136 Å². The van der Waals surface area contributed by atoms with Gasteiger partial charge in [-0.25, -0.2) is 0 Å². The standard InChI is InChI=1S/C18H23N3O2/c1-4-9-20-10-11-21(18(2,3)17(20)23)16(22)14-5-6-15-13(12-14)7-8-19-15/h5-8,12,19H,4,9-11H2,1-3H3. The van der Waals surface area contributed by atoms with Crippen LogP contribution in [0.5, 0.6) is 0 Å². The Balaban J connectivity index is 1.88. The lowest BCUT2D eigenvalue weighted by molar-refractivity contribution is -0.146. The molecule has 5 heteroatoms. The first-order valence-electron chi connectivity index (χ1n) is 8.13. The molecule has 0 radical (unpaired) electrons. The molecular weight excluding hydrogens is 290 g/mol. The van der Waals surface area contributed by atoms with Crippen LogP contribution in [0.25, 0.3) is 10.9 Å². The number of benzene rings is 1. The lowest BCUT2D eigenvalue weighted by atomic mass is 9.95. The number of carbonyl (C=O) groups is 2. The molecular formula is C18H23N3O2. The third-order valence-electron chi connectivity index (χ3n) is 4.62. The second-order valence-electron chi connectivity index (χ2n) is 6.59. The maximum atomic E-state index is 12.9. The number of H-pyrrole nitrogens is 1. The number of fused-ring (bicyclic) bond motifs is 1. The summed E-state index contributed by atoms with van der Waals surface area (Å²) in [5.74, 6) is -0.0516. The normalized spacial score (nSPS) is 17.8. The van der Waals surface area contributed by atoms with Crippen LogP contribution >= 0.6 is 0 Å². The number of aromatic nitrogens is 1. The van der Waals surface area contributed by atoms with Crippen molar-refractivity contribution in [3.63, 3.8) is 0 Å². The molecule has 122 valence electrons. The molecule has 0 atom stereocenters. The Bertz CT molecular complexity index is 748. The Morgan fingerprint density at radius 2 is 2.04 bits per heavy atom. The molecule has 1 aromatic carbocycles. The number of aromatic amines is 1. The van der Waals surface area contributed by atoms with E-state index in [0.717, 1.165) is 23.9 Å². The van der Waals surface area contributed by atoms with Crippen molar-refractivity contribution in [1.82, 2.24) is 14.8 Å². The summed E-state index contributed by atoms with van der Waals surface area (Å²) in [6.45, 7) is 7.66. The molecule has 0 saturated carbocycles. The van der Waals surface area contributed by atoms with Gasteiger partial charge in [-0.2, -0.15) is 0 Å². The number of amides is 2. The fraction of sp³-hybridized carbons (Fsp3) is 0.444. The predicted molar refractivity (Wildman–Crippen MR) is 90.3 cm³/mol. The number of hydrogen-bond donors (Lipinski definition) is 1. The highest BCUT2D eigenvalue weighted by Crippen LogP contribution is 2.26. The molecule has 1 aromatic heterocycles. The number of carbonyl (C=O) groups excluding carboxylic acids is 2. The van der Waals surface area contributed by atoms with Crippen LogP contribution in [0.2, 0.25) is 0 Å². The summed E-state index contributed by atoms with van der Waals surface area (Å²) < 4.78 is 0. The van der Waals surface area contributed by atoms with Crippen molar-refractivity contribution in [3.05, 3.63) is 36.0 Å². The van der Waals surface area contributed by atoms with E-state index in [4.69, 9.17) is 0 Å². The number of rotatable bonds is 3. The molecule has 1 aliphatic rings. The van der Waals surface area contributed by atoms with Crippen molar-refractivity contribution in [2.24, 2.45) is 0 Å². The molecule has 0 spiro atoms. The topological polar surface area (TPSA) is 56.4 Å². The van der Waals surface area contributed by atoms with Gasteiger partial charge in [0.15, 0.2) is 0 Å². The number of piperazine rings is 1. The van der Waals surface area contributed by atoms with Crippen LogP contribution in [0.3, 0.4) is 0 Å². The van der Waals surface area contributed by atoms with Crippen LogP contribution in [0.1, 0.15) is 37.6 Å². The maximum Gasteiger partial charge on any atom is 0.254 e. The van der Waals surface area contributed by atoms with E-state index in [9.17, 15) is 9.59 Å². The van der Waals surface area contributed by atoms with E-state index in [1.807, 2.05) is 49.2 Å². The first kappa shape index (κ1) is 15.6. The Kier molecular flexibility index (Phi) is 3.88. The third kappa shape index (κ3) is 2.60. The van der Waals surface area contributed by atoms with Gasteiger partial charge in [0, 0.05) is 42.3 Å². The first-order chi connectivity index (χ1) is 10.9. The molecule has 1 aliphatic heterocycles. The molecule has 0 unspecified atom stereocenters. The number of hydrogen-bond acceptors (Lipinski definition) is 2. The molecule has 1 N–H and O–H groups in total. The van der Waals surface area contributed by atoms with E-state index in [1.54, 1.807) is 4.90 Å². The van der Waals surface area contributed by atoms with Crippen LogP contribution in [0, 0.1) is 0 Å². The summed E-state index contributed by atoms with van der Waals surface area (Å²) in [5.41, 5.74) is 0.823. The van der Waals surface area contributed by atoms with E-state index in [-0.39, 0.29) is 11.8 Å². The third-order valence-corrected chi connectivity index (χ3v) is 4.62. The summed E-state index contributed by atoms with van der Waals surface area (Å²) in [6, 6.07) is 7.56. The van der Waals surface area contributed by atoms with E-state index in [1.165, 1.54) is 0 Å². The zero-order valence-electron chi connectivity index (χ0n) is 13.9. The van der Waals surface area contributed by atoms with E-state index in [0.29, 0.717) is 18.7 Å². The number of nitrogens with one attached hydrogen (secondary N) is 1. The van der Waals surface area contributed by atoms with Crippen LogP contribution in [0.4, 0.5) is 0 Å². The molecule has 2 aromatic rings. The van der Waals surface area contributed by atoms with Gasteiger partial charge < -0.3 is 14.8 Å². The molecule has 5 nitrogen and oxygen atoms in total. The van der Waals surface area contributed by atoms with Gasteiger partial charge in [0.2, 0.25) is 5.91 Å². The van der Waals surface area contributed by atoms with Gasteiger partial charge in [-0.15, -0.1) is 0 Å². The molecule has 3 rings (SSSR count). The van der Waals surface area contributed by atoms with Crippen molar-refractivity contribution in [3.8, 4) is 0 Å². The van der Waals surface area contributed by atoms with Crippen LogP contribution in [-0.2, 0) is 4.79 Å². The van der Waals surface area contributed by atoms with Gasteiger partial charge in [0.1, 0.15) is 5.54 Å². The highest BCUT2D eigenvalue weighted by atomic mass is 16.2. The molecule has 0 aliphatic carbocycles. The minimum Gasteiger partial charge on any atom is -0.361 e. The van der Waals surface area contributed by atoms with Crippen molar-refractivity contribution >= 4 is 22.7 Å². The summed E-state index contributed by atoms with van der Waals surface area (Å²) >= 11 is 0. The van der Waals surface area contributed by atoms with Gasteiger partial charge in [-0.3, -0.25) is 9.59 Å². The fourth-order valence-electron chi connectivity index (χ4n) is 3.28. The van der Waals surface area contributed by atoms with Crippen molar-refractivity contribution in [2.45, 2.75) is 32.7 Å². The fourth-order valence-corrected chi connectivity index (χ4v) is 3.28. The Morgan fingerprint density at radius 3 is 2.78 bits per heavy atom. The second-order valence-corrected chi connectivity index (χ2v) is 6.59. The largest absolute Gasteiger partial charge is 0.361 e. The SMILES string of the molecule is CCCN1CCN(C(=O)c2ccc3[nH]ccc3c2)C(C)(C)C1=O. The van der Waals surface area contributed by atoms with Crippen molar-refractivity contribution in [1.29, 1.82) is 0 Å². The smallest absolute Gasteiger partial charge is 0.254 e. The average Bonchev–Trinajstić information content (AvgIpc) is 2.99. The monoisotopic (exact) mass is 313 g/mol. The molecule has 1 fully saturated rings. The quantitative estimate of drug-likeness (QED) is 0.947. The number of nitrogens with zero attached hydrogens (tertiary/aromatic N) is 2. The Morgan fingerprint density at radius 1 is 1.26 bits per heavy atom. The zero-order valence-corrected chi connectivity index (χ0v) is 13.9. The molecule has 0 bridgehead atoms. The average molecular weight is 313 g/mol. The van der Waals surface area contributed by atoms with Crippen LogP contribution < -0.4 is 0 Å². The molecule has 1 saturated heterocycles. The van der Waals surface area contributed by atoms with E-state index in [2.05, 4.69) is 11.9 Å². The van der Waals surface area contributed by atoms with E-state index < -0.39 is 5.54 Å². The Hall–Kier alpha value is -2.30. The lowest BCUT2D eigenvalue weighted by Crippen LogP contribution is -2.64.